The predicted octanol–water partition coefficient (Wildman–Crippen LogP) is 3.05. The molecule has 2 rings (SSSR count). The normalized spacial score (nSPS) is 21.8. The van der Waals surface area contributed by atoms with Gasteiger partial charge in [0.05, 0.1) is 18.1 Å². The monoisotopic (exact) mass is 245 g/mol. The number of hydrogen-bond acceptors (Lipinski definition) is 3. The average Bonchev–Trinajstić information content (AvgIpc) is 2.44. The maximum atomic E-state index is 9.58. The molecule has 0 amide bonds. The van der Waals surface area contributed by atoms with Gasteiger partial charge in [0.25, 0.3) is 0 Å². The van der Waals surface area contributed by atoms with Crippen molar-refractivity contribution in [3.05, 3.63) is 29.8 Å². The van der Waals surface area contributed by atoms with Crippen molar-refractivity contribution in [2.24, 2.45) is 0 Å². The summed E-state index contributed by atoms with van der Waals surface area (Å²) in [6.07, 6.45) is 2.50. The van der Waals surface area contributed by atoms with Crippen LogP contribution in [0.5, 0.6) is 5.75 Å². The molecule has 18 heavy (non-hydrogen) atoms. The van der Waals surface area contributed by atoms with E-state index in [0.29, 0.717) is 13.2 Å². The minimum absolute atomic E-state index is 0.442. The van der Waals surface area contributed by atoms with E-state index in [1.165, 1.54) is 0 Å². The zero-order chi connectivity index (χ0) is 12.8. The van der Waals surface area contributed by atoms with Gasteiger partial charge in [0.1, 0.15) is 5.75 Å². The van der Waals surface area contributed by atoms with Crippen LogP contribution in [0.15, 0.2) is 24.3 Å². The van der Waals surface area contributed by atoms with Crippen molar-refractivity contribution in [2.75, 3.05) is 19.8 Å². The van der Waals surface area contributed by atoms with Gasteiger partial charge in [-0.1, -0.05) is 25.1 Å². The van der Waals surface area contributed by atoms with Crippen LogP contribution >= 0.6 is 0 Å². The fourth-order valence-corrected chi connectivity index (χ4v) is 2.38. The molecule has 1 aromatic carbocycles. The summed E-state index contributed by atoms with van der Waals surface area (Å²) in [6, 6.07) is 10.3. The molecule has 0 saturated carbocycles. The minimum atomic E-state index is -0.442. The molecule has 0 aromatic heterocycles. The number of hydrogen-bond donors (Lipinski definition) is 0. The SMILES string of the molecule is CCCOCCC1(C#N)CCOc2ccccc21. The number of rotatable bonds is 5. The van der Waals surface area contributed by atoms with Crippen molar-refractivity contribution in [2.45, 2.75) is 31.6 Å². The summed E-state index contributed by atoms with van der Waals surface area (Å²) in [5, 5.41) is 9.58. The Morgan fingerprint density at radius 2 is 2.22 bits per heavy atom. The lowest BCUT2D eigenvalue weighted by molar-refractivity contribution is 0.112. The topological polar surface area (TPSA) is 42.2 Å². The van der Waals surface area contributed by atoms with Gasteiger partial charge in [-0.2, -0.15) is 5.26 Å². The number of para-hydroxylation sites is 1. The molecule has 0 saturated heterocycles. The Bertz CT molecular complexity index is 438. The van der Waals surface area contributed by atoms with E-state index >= 15 is 0 Å². The first-order valence-electron chi connectivity index (χ1n) is 6.54. The first kappa shape index (κ1) is 12.9. The van der Waals surface area contributed by atoms with Crippen molar-refractivity contribution < 1.29 is 9.47 Å². The standard InChI is InChI=1S/C15H19NO2/c1-2-9-17-10-7-15(12-16)8-11-18-14-6-4-3-5-13(14)15/h3-6H,2,7-11H2,1H3. The highest BCUT2D eigenvalue weighted by molar-refractivity contribution is 5.45. The van der Waals surface area contributed by atoms with Crippen LogP contribution < -0.4 is 4.74 Å². The molecular weight excluding hydrogens is 226 g/mol. The molecular formula is C15H19NO2. The molecule has 3 heteroatoms. The Hall–Kier alpha value is -1.53. The summed E-state index contributed by atoms with van der Waals surface area (Å²) < 4.78 is 11.2. The van der Waals surface area contributed by atoms with Gasteiger partial charge >= 0.3 is 0 Å². The molecule has 0 N–H and O–H groups in total. The molecule has 1 aliphatic rings. The molecule has 0 fully saturated rings. The van der Waals surface area contributed by atoms with Gasteiger partial charge < -0.3 is 9.47 Å². The first-order chi connectivity index (χ1) is 8.82. The number of benzene rings is 1. The molecule has 0 radical (unpaired) electrons. The lowest BCUT2D eigenvalue weighted by Crippen LogP contribution is -2.32. The van der Waals surface area contributed by atoms with Crippen LogP contribution in [0.1, 0.15) is 31.7 Å². The van der Waals surface area contributed by atoms with E-state index < -0.39 is 5.41 Å². The Morgan fingerprint density at radius 1 is 1.39 bits per heavy atom. The van der Waals surface area contributed by atoms with E-state index in [4.69, 9.17) is 9.47 Å². The van der Waals surface area contributed by atoms with E-state index in [1.807, 2.05) is 24.3 Å². The molecule has 96 valence electrons. The van der Waals surface area contributed by atoms with E-state index in [0.717, 1.165) is 37.2 Å². The van der Waals surface area contributed by atoms with Gasteiger partial charge in [-0.05, 0) is 18.9 Å². The number of nitriles is 1. The number of fused-ring (bicyclic) bond motifs is 1. The maximum absolute atomic E-state index is 9.58. The van der Waals surface area contributed by atoms with E-state index in [1.54, 1.807) is 0 Å². The Labute approximate surface area is 108 Å². The molecule has 1 unspecified atom stereocenters. The second-order valence-electron chi connectivity index (χ2n) is 4.65. The van der Waals surface area contributed by atoms with Crippen molar-refractivity contribution in [1.29, 1.82) is 5.26 Å². The van der Waals surface area contributed by atoms with Gasteiger partial charge in [0.2, 0.25) is 0 Å². The molecule has 0 bridgehead atoms. The van der Waals surface area contributed by atoms with Crippen molar-refractivity contribution in [3.8, 4) is 11.8 Å². The lowest BCUT2D eigenvalue weighted by Gasteiger charge is -2.33. The summed E-state index contributed by atoms with van der Waals surface area (Å²) in [7, 11) is 0. The third-order valence-electron chi connectivity index (χ3n) is 3.42. The van der Waals surface area contributed by atoms with Crippen LogP contribution in [0.2, 0.25) is 0 Å². The predicted molar refractivity (Wildman–Crippen MR) is 69.6 cm³/mol. The van der Waals surface area contributed by atoms with Crippen LogP contribution in [-0.4, -0.2) is 19.8 Å². The van der Waals surface area contributed by atoms with Crippen LogP contribution in [0.4, 0.5) is 0 Å². The maximum Gasteiger partial charge on any atom is 0.124 e. The van der Waals surface area contributed by atoms with Gasteiger partial charge in [0.15, 0.2) is 0 Å². The molecule has 0 aliphatic carbocycles. The third kappa shape index (κ3) is 2.49. The van der Waals surface area contributed by atoms with E-state index in [-0.39, 0.29) is 0 Å². The van der Waals surface area contributed by atoms with Gasteiger partial charge in [-0.25, -0.2) is 0 Å². The van der Waals surface area contributed by atoms with E-state index in [2.05, 4.69) is 13.0 Å². The molecule has 0 spiro atoms. The zero-order valence-electron chi connectivity index (χ0n) is 10.8. The Morgan fingerprint density at radius 3 is 3.00 bits per heavy atom. The molecule has 3 nitrogen and oxygen atoms in total. The summed E-state index contributed by atoms with van der Waals surface area (Å²) in [5.74, 6) is 0.848. The van der Waals surface area contributed by atoms with Crippen molar-refractivity contribution >= 4 is 0 Å². The highest BCUT2D eigenvalue weighted by atomic mass is 16.5. The largest absolute Gasteiger partial charge is 0.493 e. The zero-order valence-corrected chi connectivity index (χ0v) is 10.8. The second-order valence-corrected chi connectivity index (χ2v) is 4.65. The fourth-order valence-electron chi connectivity index (χ4n) is 2.38. The summed E-state index contributed by atoms with van der Waals surface area (Å²) >= 11 is 0. The number of ether oxygens (including phenoxy) is 2. The quantitative estimate of drug-likeness (QED) is 0.749. The van der Waals surface area contributed by atoms with Crippen molar-refractivity contribution in [1.82, 2.24) is 0 Å². The third-order valence-corrected chi connectivity index (χ3v) is 3.42. The highest BCUT2D eigenvalue weighted by Gasteiger charge is 2.37. The van der Waals surface area contributed by atoms with Gasteiger partial charge in [0, 0.05) is 25.2 Å². The summed E-state index contributed by atoms with van der Waals surface area (Å²) in [5.41, 5.74) is 0.571. The van der Waals surface area contributed by atoms with Crippen LogP contribution in [0, 0.1) is 11.3 Å². The Kier molecular flexibility index (Phi) is 4.22. The van der Waals surface area contributed by atoms with Crippen molar-refractivity contribution in [3.63, 3.8) is 0 Å². The minimum Gasteiger partial charge on any atom is -0.493 e. The lowest BCUT2D eigenvalue weighted by atomic mass is 9.75. The smallest absolute Gasteiger partial charge is 0.124 e. The van der Waals surface area contributed by atoms with Gasteiger partial charge in [-0.15, -0.1) is 0 Å². The summed E-state index contributed by atoms with van der Waals surface area (Å²) in [4.78, 5) is 0. The molecule has 1 atom stereocenters. The second kappa shape index (κ2) is 5.88. The Balaban J connectivity index is 2.15. The van der Waals surface area contributed by atoms with E-state index in [9.17, 15) is 5.26 Å². The van der Waals surface area contributed by atoms with Crippen LogP contribution in [0.25, 0.3) is 0 Å². The molecule has 1 aromatic rings. The highest BCUT2D eigenvalue weighted by Crippen LogP contribution is 2.40. The van der Waals surface area contributed by atoms with Crippen LogP contribution in [0.3, 0.4) is 0 Å². The average molecular weight is 245 g/mol. The summed E-state index contributed by atoms with van der Waals surface area (Å²) in [6.45, 7) is 4.09. The first-order valence-corrected chi connectivity index (χ1v) is 6.54. The fraction of sp³-hybridized carbons (Fsp3) is 0.533. The van der Waals surface area contributed by atoms with Crippen LogP contribution in [-0.2, 0) is 10.2 Å². The van der Waals surface area contributed by atoms with Gasteiger partial charge in [-0.3, -0.25) is 0 Å². The number of nitrogens with zero attached hydrogens (tertiary/aromatic N) is 1. The molecule has 1 aliphatic heterocycles. The molecule has 1 heterocycles.